The van der Waals surface area contributed by atoms with E-state index in [9.17, 15) is 8.42 Å². The largest absolute Gasteiger partial charge is 0.493 e. The van der Waals surface area contributed by atoms with Crippen molar-refractivity contribution in [2.45, 2.75) is 43.5 Å². The van der Waals surface area contributed by atoms with Gasteiger partial charge in [-0.05, 0) is 36.6 Å². The first-order valence-electron chi connectivity index (χ1n) is 6.94. The van der Waals surface area contributed by atoms with Gasteiger partial charge in [-0.15, -0.1) is 0 Å². The normalized spacial score (nSPS) is 14.9. The molecule has 2 rings (SSSR count). The average molecular weight is 298 g/mol. The number of fused-ring (bicyclic) bond motifs is 1. The molecule has 5 nitrogen and oxygen atoms in total. The zero-order valence-electron chi connectivity index (χ0n) is 12.0. The van der Waals surface area contributed by atoms with Crippen LogP contribution in [0.2, 0.25) is 0 Å². The Bertz CT molecular complexity index is 580. The van der Waals surface area contributed by atoms with E-state index >= 15 is 0 Å². The van der Waals surface area contributed by atoms with Crippen molar-refractivity contribution in [1.82, 2.24) is 4.72 Å². The van der Waals surface area contributed by atoms with Crippen LogP contribution in [0.1, 0.15) is 32.3 Å². The van der Waals surface area contributed by atoms with Crippen molar-refractivity contribution in [2.24, 2.45) is 5.73 Å². The monoisotopic (exact) mass is 298 g/mol. The van der Waals surface area contributed by atoms with E-state index in [0.29, 0.717) is 6.61 Å². The predicted molar refractivity (Wildman–Crippen MR) is 78.3 cm³/mol. The van der Waals surface area contributed by atoms with Gasteiger partial charge in [0.25, 0.3) is 0 Å². The number of sulfonamides is 1. The van der Waals surface area contributed by atoms with Gasteiger partial charge >= 0.3 is 0 Å². The molecule has 1 aromatic carbocycles. The molecule has 6 heteroatoms. The van der Waals surface area contributed by atoms with Crippen LogP contribution >= 0.6 is 0 Å². The van der Waals surface area contributed by atoms with Gasteiger partial charge in [0.05, 0.1) is 11.5 Å². The molecule has 0 saturated heterocycles. The Morgan fingerprint density at radius 3 is 2.70 bits per heavy atom. The molecule has 0 atom stereocenters. The Hall–Kier alpha value is -1.11. The summed E-state index contributed by atoms with van der Waals surface area (Å²) in [5, 5.41) is 0. The molecule has 20 heavy (non-hydrogen) atoms. The van der Waals surface area contributed by atoms with Gasteiger partial charge in [-0.25, -0.2) is 13.1 Å². The molecule has 0 aliphatic carbocycles. The highest BCUT2D eigenvalue weighted by atomic mass is 32.2. The molecular formula is C14H22N2O3S. The van der Waals surface area contributed by atoms with Crippen molar-refractivity contribution in [3.63, 3.8) is 0 Å². The second-order valence-corrected chi connectivity index (χ2v) is 7.03. The number of benzene rings is 1. The maximum absolute atomic E-state index is 12.3. The van der Waals surface area contributed by atoms with Gasteiger partial charge in [0.1, 0.15) is 5.75 Å². The number of ether oxygens (including phenoxy) is 1. The fourth-order valence-corrected chi connectivity index (χ4v) is 3.34. The summed E-state index contributed by atoms with van der Waals surface area (Å²) in [6, 6.07) is 4.97. The Labute approximate surface area is 120 Å². The quantitative estimate of drug-likeness (QED) is 0.832. The zero-order valence-corrected chi connectivity index (χ0v) is 12.8. The van der Waals surface area contributed by atoms with Crippen LogP contribution in [0, 0.1) is 0 Å². The van der Waals surface area contributed by atoms with Crippen molar-refractivity contribution in [3.8, 4) is 5.75 Å². The molecule has 1 aromatic rings. The Kier molecular flexibility index (Phi) is 4.36. The Morgan fingerprint density at radius 1 is 1.35 bits per heavy atom. The molecule has 0 amide bonds. The minimum Gasteiger partial charge on any atom is -0.493 e. The summed E-state index contributed by atoms with van der Waals surface area (Å²) in [5.74, 6) is 0.777. The van der Waals surface area contributed by atoms with Crippen molar-refractivity contribution in [2.75, 3.05) is 13.2 Å². The smallest absolute Gasteiger partial charge is 0.240 e. The topological polar surface area (TPSA) is 81.4 Å². The third-order valence-electron chi connectivity index (χ3n) is 3.99. The lowest BCUT2D eigenvalue weighted by Crippen LogP contribution is -2.49. The minimum atomic E-state index is -3.52. The molecule has 0 spiro atoms. The van der Waals surface area contributed by atoms with Crippen LogP contribution in [0.5, 0.6) is 5.75 Å². The van der Waals surface area contributed by atoms with Crippen molar-refractivity contribution < 1.29 is 13.2 Å². The highest BCUT2D eigenvalue weighted by Gasteiger charge is 2.25. The van der Waals surface area contributed by atoms with Crippen molar-refractivity contribution >= 4 is 10.0 Å². The lowest BCUT2D eigenvalue weighted by molar-refractivity contribution is 0.356. The number of nitrogens with one attached hydrogen (secondary N) is 1. The molecular weight excluding hydrogens is 276 g/mol. The summed E-state index contributed by atoms with van der Waals surface area (Å²) in [7, 11) is -3.52. The van der Waals surface area contributed by atoms with Crippen LogP contribution in [0.3, 0.4) is 0 Å². The summed E-state index contributed by atoms with van der Waals surface area (Å²) in [6.45, 7) is 4.79. The molecule has 0 bridgehead atoms. The lowest BCUT2D eigenvalue weighted by Gasteiger charge is -2.26. The number of nitrogens with two attached hydrogens (primary N) is 1. The molecule has 0 unspecified atom stereocenters. The standard InChI is InChI=1S/C14H22N2O3S/c1-3-14(15,4-2)10-16-20(17,18)12-5-6-13-11(9-12)7-8-19-13/h5-6,9,16H,3-4,7-8,10,15H2,1-2H3. The number of hydrogen-bond donors (Lipinski definition) is 2. The van der Waals surface area contributed by atoms with E-state index in [1.165, 1.54) is 0 Å². The molecule has 0 saturated carbocycles. The van der Waals surface area contributed by atoms with E-state index in [-0.39, 0.29) is 11.4 Å². The lowest BCUT2D eigenvalue weighted by atomic mass is 9.95. The summed E-state index contributed by atoms with van der Waals surface area (Å²) >= 11 is 0. The van der Waals surface area contributed by atoms with Crippen LogP contribution in [0.25, 0.3) is 0 Å². The summed E-state index contributed by atoms with van der Waals surface area (Å²) in [5.41, 5.74) is 6.57. The van der Waals surface area contributed by atoms with Gasteiger partial charge in [0.2, 0.25) is 10.0 Å². The SMILES string of the molecule is CCC(N)(CC)CNS(=O)(=O)c1ccc2c(c1)CCO2. The minimum absolute atomic E-state index is 0.246. The predicted octanol–water partition coefficient (Wildman–Crippen LogP) is 1.42. The molecule has 3 N–H and O–H groups in total. The van der Waals surface area contributed by atoms with E-state index in [4.69, 9.17) is 10.5 Å². The van der Waals surface area contributed by atoms with E-state index in [0.717, 1.165) is 30.6 Å². The summed E-state index contributed by atoms with van der Waals surface area (Å²) in [6.07, 6.45) is 2.21. The molecule has 1 heterocycles. The number of hydrogen-bond acceptors (Lipinski definition) is 4. The average Bonchev–Trinajstić information content (AvgIpc) is 2.92. The van der Waals surface area contributed by atoms with E-state index in [2.05, 4.69) is 4.72 Å². The van der Waals surface area contributed by atoms with Gasteiger partial charge in [-0.1, -0.05) is 13.8 Å². The molecule has 0 radical (unpaired) electrons. The highest BCUT2D eigenvalue weighted by Crippen LogP contribution is 2.27. The first kappa shape index (κ1) is 15.3. The Balaban J connectivity index is 2.15. The van der Waals surface area contributed by atoms with Crippen LogP contribution in [0.15, 0.2) is 23.1 Å². The Morgan fingerprint density at radius 2 is 2.05 bits per heavy atom. The van der Waals surface area contributed by atoms with Crippen LogP contribution in [-0.4, -0.2) is 27.1 Å². The van der Waals surface area contributed by atoms with Crippen molar-refractivity contribution in [1.29, 1.82) is 0 Å². The van der Waals surface area contributed by atoms with Gasteiger partial charge in [0.15, 0.2) is 0 Å². The zero-order chi connectivity index (χ0) is 14.8. The van der Waals surface area contributed by atoms with Gasteiger partial charge in [-0.3, -0.25) is 0 Å². The van der Waals surface area contributed by atoms with Crippen LogP contribution in [-0.2, 0) is 16.4 Å². The van der Waals surface area contributed by atoms with Gasteiger partial charge in [0, 0.05) is 18.5 Å². The molecule has 0 fully saturated rings. The summed E-state index contributed by atoms with van der Waals surface area (Å²) < 4.78 is 32.6. The summed E-state index contributed by atoms with van der Waals surface area (Å²) in [4.78, 5) is 0.274. The fourth-order valence-electron chi connectivity index (χ4n) is 2.15. The van der Waals surface area contributed by atoms with Crippen molar-refractivity contribution in [3.05, 3.63) is 23.8 Å². The second kappa shape index (κ2) is 5.71. The molecule has 112 valence electrons. The van der Waals surface area contributed by atoms with E-state index in [1.54, 1.807) is 18.2 Å². The first-order valence-corrected chi connectivity index (χ1v) is 8.43. The van der Waals surface area contributed by atoms with E-state index in [1.807, 2.05) is 13.8 Å². The van der Waals surface area contributed by atoms with Gasteiger partial charge < -0.3 is 10.5 Å². The number of rotatable bonds is 6. The van der Waals surface area contributed by atoms with Crippen LogP contribution < -0.4 is 15.2 Å². The molecule has 1 aliphatic heterocycles. The maximum Gasteiger partial charge on any atom is 0.240 e. The maximum atomic E-state index is 12.3. The molecule has 0 aromatic heterocycles. The first-order chi connectivity index (χ1) is 9.40. The van der Waals surface area contributed by atoms with Crippen LogP contribution in [0.4, 0.5) is 0 Å². The fraction of sp³-hybridized carbons (Fsp3) is 0.571. The van der Waals surface area contributed by atoms with Gasteiger partial charge in [-0.2, -0.15) is 0 Å². The van der Waals surface area contributed by atoms with E-state index < -0.39 is 15.6 Å². The second-order valence-electron chi connectivity index (χ2n) is 5.26. The highest BCUT2D eigenvalue weighted by molar-refractivity contribution is 7.89. The third kappa shape index (κ3) is 3.13. The molecule has 1 aliphatic rings. The third-order valence-corrected chi connectivity index (χ3v) is 5.39.